The average Bonchev–Trinajstić information content (AvgIpc) is 2.79. The highest BCUT2D eigenvalue weighted by molar-refractivity contribution is 8.14. The summed E-state index contributed by atoms with van der Waals surface area (Å²) in [6.07, 6.45) is 0. The van der Waals surface area contributed by atoms with Crippen LogP contribution in [0.2, 0.25) is 0 Å². The van der Waals surface area contributed by atoms with Crippen LogP contribution in [0.3, 0.4) is 0 Å². The minimum absolute atomic E-state index is 0.685. The molecular formula is C16H17ClN2O4S. The van der Waals surface area contributed by atoms with Gasteiger partial charge in [0.25, 0.3) is 0 Å². The highest BCUT2D eigenvalue weighted by Crippen LogP contribution is 2.43. The summed E-state index contributed by atoms with van der Waals surface area (Å²) in [6.45, 7) is 0. The maximum absolute atomic E-state index is 11.2. The summed E-state index contributed by atoms with van der Waals surface area (Å²) in [4.78, 5) is 2.66. The summed E-state index contributed by atoms with van der Waals surface area (Å²) >= 11 is 0. The van der Waals surface area contributed by atoms with E-state index >= 15 is 0 Å². The van der Waals surface area contributed by atoms with E-state index in [1.54, 1.807) is 11.4 Å². The molecule has 1 atom stereocenters. The van der Waals surface area contributed by atoms with Crippen molar-refractivity contribution in [3.63, 3.8) is 0 Å². The summed E-state index contributed by atoms with van der Waals surface area (Å²) in [6, 6.07) is 15.2. The second kappa shape index (κ2) is 6.36. The van der Waals surface area contributed by atoms with Crippen LogP contribution in [0.5, 0.6) is 0 Å². The lowest BCUT2D eigenvalue weighted by Gasteiger charge is -2.18. The molecule has 0 saturated heterocycles. The Hall–Kier alpha value is -1.61. The van der Waals surface area contributed by atoms with Crippen LogP contribution < -0.4 is 23.2 Å². The molecule has 1 unspecified atom stereocenters. The number of halogens is 1. The summed E-state index contributed by atoms with van der Waals surface area (Å²) < 4.78 is 40.0. The van der Waals surface area contributed by atoms with Crippen molar-refractivity contribution in [1.29, 1.82) is 0 Å². The van der Waals surface area contributed by atoms with E-state index in [4.69, 9.17) is 3.74 Å². The number of anilines is 2. The molecule has 0 amide bonds. The summed E-state index contributed by atoms with van der Waals surface area (Å²) in [5.41, 5.74) is 3.53. The Morgan fingerprint density at radius 3 is 2.21 bits per heavy atom. The quantitative estimate of drug-likeness (QED) is 0.694. The summed E-state index contributed by atoms with van der Waals surface area (Å²) in [5, 5.41) is 0. The molecule has 1 aliphatic heterocycles. The minimum atomic E-state index is -4.54. The Kier molecular flexibility index (Phi) is 4.56. The van der Waals surface area contributed by atoms with Gasteiger partial charge in [0, 0.05) is 32.4 Å². The van der Waals surface area contributed by atoms with Crippen molar-refractivity contribution in [1.82, 2.24) is 0 Å². The molecule has 0 spiro atoms. The van der Waals surface area contributed by atoms with Gasteiger partial charge in [-0.25, -0.2) is 0 Å². The first-order valence-electron chi connectivity index (χ1n) is 7.11. The molecule has 8 heteroatoms. The molecule has 2 aromatic rings. The number of rotatable bonds is 4. The van der Waals surface area contributed by atoms with Crippen molar-refractivity contribution >= 4 is 27.2 Å². The van der Waals surface area contributed by atoms with E-state index in [1.165, 1.54) is 0 Å². The van der Waals surface area contributed by atoms with Gasteiger partial charge in [0.1, 0.15) is 0 Å². The van der Waals surface area contributed by atoms with E-state index in [9.17, 15) is 14.0 Å². The topological polar surface area (TPSA) is 84.9 Å². The van der Waals surface area contributed by atoms with E-state index in [0.717, 1.165) is 22.5 Å². The Morgan fingerprint density at radius 2 is 1.62 bits per heavy atom. The number of para-hydroxylation sites is 1. The monoisotopic (exact) mass is 368 g/mol. The molecule has 0 saturated carbocycles. The largest absolute Gasteiger partial charge is 0.378 e. The van der Waals surface area contributed by atoms with Crippen molar-refractivity contribution in [3.05, 3.63) is 59.7 Å². The molecule has 1 aliphatic rings. The molecule has 0 aliphatic carbocycles. The third kappa shape index (κ3) is 3.27. The van der Waals surface area contributed by atoms with Crippen molar-refractivity contribution in [2.24, 2.45) is 0 Å². The van der Waals surface area contributed by atoms with Crippen LogP contribution in [0.25, 0.3) is 0 Å². The number of hydrogen-bond acceptors (Lipinski definition) is 6. The third-order valence-electron chi connectivity index (χ3n) is 3.69. The van der Waals surface area contributed by atoms with E-state index in [0.29, 0.717) is 4.86 Å². The van der Waals surface area contributed by atoms with Gasteiger partial charge in [0.15, 0.2) is 3.74 Å². The van der Waals surface area contributed by atoms with E-state index < -0.39 is 21.2 Å². The van der Waals surface area contributed by atoms with Crippen molar-refractivity contribution < 1.29 is 28.0 Å². The van der Waals surface area contributed by atoms with E-state index in [-0.39, 0.29) is 0 Å². The van der Waals surface area contributed by atoms with E-state index in [2.05, 4.69) is 0 Å². The zero-order valence-corrected chi connectivity index (χ0v) is 15.0. The maximum atomic E-state index is 11.2. The number of benzene rings is 2. The highest BCUT2D eigenvalue weighted by atomic mass is 35.7. The molecule has 0 radical (unpaired) electrons. The van der Waals surface area contributed by atoms with Gasteiger partial charge in [-0.1, -0.05) is 30.3 Å². The van der Waals surface area contributed by atoms with E-state index in [1.807, 2.05) is 67.5 Å². The molecule has 128 valence electrons. The van der Waals surface area contributed by atoms with Gasteiger partial charge in [-0.2, -0.15) is 14.0 Å². The lowest BCUT2D eigenvalue weighted by Crippen LogP contribution is -2.60. The molecule has 6 nitrogen and oxygen atoms in total. The van der Waals surface area contributed by atoms with Crippen LogP contribution in [0.15, 0.2) is 48.5 Å². The first kappa shape index (κ1) is 17.2. The Morgan fingerprint density at radius 1 is 1.00 bits per heavy atom. The summed E-state index contributed by atoms with van der Waals surface area (Å²) in [5.74, 6) is 0. The lowest BCUT2D eigenvalue weighted by molar-refractivity contribution is -1.91. The number of nitrogens with zero attached hydrogens (tertiary/aromatic N) is 2. The Labute approximate surface area is 145 Å². The number of hydrogen-bond donors (Lipinski definition) is 0. The average molecular weight is 369 g/mol. The van der Waals surface area contributed by atoms with Crippen LogP contribution in [0, 0.1) is 10.2 Å². The molecule has 3 rings (SSSR count). The van der Waals surface area contributed by atoms with Crippen molar-refractivity contribution in [3.8, 4) is 0 Å². The van der Waals surface area contributed by atoms with Crippen LogP contribution in [0.1, 0.15) is 11.1 Å². The van der Waals surface area contributed by atoms with Gasteiger partial charge < -0.3 is 4.90 Å². The molecule has 2 aromatic carbocycles. The minimum Gasteiger partial charge on any atom is -0.378 e. The third-order valence-corrected chi connectivity index (χ3v) is 6.29. The predicted molar refractivity (Wildman–Crippen MR) is 87.5 cm³/mol. The fourth-order valence-electron chi connectivity index (χ4n) is 2.57. The molecule has 0 fully saturated rings. The van der Waals surface area contributed by atoms with Crippen LogP contribution in [-0.4, -0.2) is 26.0 Å². The molecule has 0 aromatic heterocycles. The molecule has 24 heavy (non-hydrogen) atoms. The first-order chi connectivity index (χ1) is 11.3. The van der Waals surface area contributed by atoms with Crippen LogP contribution >= 0.6 is 11.0 Å². The van der Waals surface area contributed by atoms with Gasteiger partial charge in [-0.15, -0.1) is 0 Å². The molecule has 0 N–H and O–H groups in total. The van der Waals surface area contributed by atoms with Crippen LogP contribution in [-0.2, 0) is 3.74 Å². The zero-order valence-electron chi connectivity index (χ0n) is 13.4. The maximum Gasteiger partial charge on any atom is 0.215 e. The second-order valence-electron chi connectivity index (χ2n) is 5.48. The molecule has 1 heterocycles. The highest BCUT2D eigenvalue weighted by Gasteiger charge is 2.36. The second-order valence-corrected chi connectivity index (χ2v) is 8.19. The Balaban J connectivity index is 2.14. The first-order valence-corrected chi connectivity index (χ1v) is 9.45. The molecule has 0 bridgehead atoms. The summed E-state index contributed by atoms with van der Waals surface area (Å²) in [7, 11) is -0.261. The zero-order chi connectivity index (χ0) is 17.5. The normalized spacial score (nSPS) is 17.2. The van der Waals surface area contributed by atoms with Crippen LogP contribution in [0.4, 0.5) is 11.4 Å². The molecular weight excluding hydrogens is 352 g/mol. The smallest absolute Gasteiger partial charge is 0.215 e. The van der Waals surface area contributed by atoms with Crippen molar-refractivity contribution in [2.45, 2.75) is 0 Å². The van der Waals surface area contributed by atoms with Gasteiger partial charge in [-0.05, 0) is 23.8 Å². The predicted octanol–water partition coefficient (Wildman–Crippen LogP) is -0.216. The lowest BCUT2D eigenvalue weighted by atomic mass is 10.0. The number of fused-ring (bicyclic) bond motifs is 1. The standard InChI is InChI=1S/C16H17ClN2O4S/c1-18(2)13-10-8-12(9-11-13)16-14-6-4-5-7-15(14)19(3)24(16)23-17(20,21)22/h4-11H,1-3H3. The van der Waals surface area contributed by atoms with Gasteiger partial charge >= 0.3 is 0 Å². The fourth-order valence-corrected chi connectivity index (χ4v) is 5.06. The Bertz CT molecular complexity index is 787. The van der Waals surface area contributed by atoms with Gasteiger partial charge in [0.05, 0.1) is 20.8 Å². The van der Waals surface area contributed by atoms with Gasteiger partial charge in [-0.3, -0.25) is 4.31 Å². The van der Waals surface area contributed by atoms with Gasteiger partial charge in [0.2, 0.25) is 11.0 Å². The van der Waals surface area contributed by atoms with Crippen molar-refractivity contribution in [2.75, 3.05) is 30.3 Å². The SMILES string of the molecule is CN(C)c1ccc(C2=S(O[Cl+3]([O-])([O-])[O-])N(C)c3ccccc32)cc1. The fraction of sp³-hybridized carbons (Fsp3) is 0.188.